The molecule has 0 aliphatic heterocycles. The number of nitrogens with one attached hydrogen (secondary N) is 1. The number of pyridine rings is 1. The van der Waals surface area contributed by atoms with Gasteiger partial charge in [-0.15, -0.1) is 11.3 Å². The Balaban J connectivity index is 1.98. The largest absolute Gasteiger partial charge is 0.339 e. The van der Waals surface area contributed by atoms with E-state index in [-0.39, 0.29) is 0 Å². The fraction of sp³-hybridized carbons (Fsp3) is 0.0769. The lowest BCUT2D eigenvalue weighted by Crippen LogP contribution is -1.95. The van der Waals surface area contributed by atoms with Crippen molar-refractivity contribution >= 4 is 49.0 Å². The van der Waals surface area contributed by atoms with Crippen molar-refractivity contribution in [2.45, 2.75) is 6.92 Å². The van der Waals surface area contributed by atoms with E-state index in [1.165, 1.54) is 4.70 Å². The van der Waals surface area contributed by atoms with E-state index in [2.05, 4.69) is 37.3 Å². The summed E-state index contributed by atoms with van der Waals surface area (Å²) in [7, 11) is 0. The summed E-state index contributed by atoms with van der Waals surface area (Å²) in [5, 5.41) is 3.32. The first kappa shape index (κ1) is 11.6. The van der Waals surface area contributed by atoms with E-state index in [9.17, 15) is 0 Å². The van der Waals surface area contributed by atoms with Crippen molar-refractivity contribution < 1.29 is 0 Å². The van der Waals surface area contributed by atoms with Gasteiger partial charge in [-0.05, 0) is 52.7 Å². The first-order valence-electron chi connectivity index (χ1n) is 5.45. The SMILES string of the molecule is Cc1ccnc(Nc2ccc3ncsc3c2)c1Br. The molecule has 18 heavy (non-hydrogen) atoms. The second-order valence-corrected chi connectivity index (χ2v) is 5.63. The fourth-order valence-corrected chi connectivity index (χ4v) is 2.75. The molecule has 3 aromatic rings. The number of aryl methyl sites for hydroxylation is 1. The van der Waals surface area contributed by atoms with Gasteiger partial charge >= 0.3 is 0 Å². The maximum absolute atomic E-state index is 4.33. The summed E-state index contributed by atoms with van der Waals surface area (Å²) in [6.07, 6.45) is 1.80. The molecule has 0 spiro atoms. The normalized spacial score (nSPS) is 10.8. The first-order valence-corrected chi connectivity index (χ1v) is 7.13. The number of hydrogen-bond acceptors (Lipinski definition) is 4. The Kier molecular flexibility index (Phi) is 3.01. The van der Waals surface area contributed by atoms with Crippen molar-refractivity contribution in [2.75, 3.05) is 5.32 Å². The molecule has 0 amide bonds. The summed E-state index contributed by atoms with van der Waals surface area (Å²) in [5.74, 6) is 0.832. The Morgan fingerprint density at radius 3 is 3.00 bits per heavy atom. The molecule has 0 unspecified atom stereocenters. The highest BCUT2D eigenvalue weighted by atomic mass is 79.9. The number of rotatable bonds is 2. The Hall–Kier alpha value is -1.46. The molecule has 0 bridgehead atoms. The number of anilines is 2. The number of nitrogens with zero attached hydrogens (tertiary/aromatic N) is 2. The molecular formula is C13H10BrN3S. The molecule has 0 saturated heterocycles. The zero-order valence-corrected chi connectivity index (χ0v) is 12.0. The molecule has 2 aromatic heterocycles. The summed E-state index contributed by atoms with van der Waals surface area (Å²) in [5.41, 5.74) is 5.06. The minimum Gasteiger partial charge on any atom is -0.339 e. The van der Waals surface area contributed by atoms with E-state index in [1.807, 2.05) is 30.6 Å². The van der Waals surface area contributed by atoms with Crippen molar-refractivity contribution in [2.24, 2.45) is 0 Å². The third-order valence-corrected chi connectivity index (χ3v) is 4.47. The van der Waals surface area contributed by atoms with E-state index in [0.29, 0.717) is 0 Å². The van der Waals surface area contributed by atoms with Crippen LogP contribution in [0.25, 0.3) is 10.2 Å². The number of fused-ring (bicyclic) bond motifs is 1. The van der Waals surface area contributed by atoms with Crippen molar-refractivity contribution in [1.29, 1.82) is 0 Å². The molecule has 0 radical (unpaired) electrons. The van der Waals surface area contributed by atoms with E-state index < -0.39 is 0 Å². The van der Waals surface area contributed by atoms with E-state index in [0.717, 1.165) is 27.1 Å². The molecule has 0 atom stereocenters. The van der Waals surface area contributed by atoms with Crippen molar-refractivity contribution in [1.82, 2.24) is 9.97 Å². The van der Waals surface area contributed by atoms with Crippen molar-refractivity contribution in [3.8, 4) is 0 Å². The smallest absolute Gasteiger partial charge is 0.144 e. The highest BCUT2D eigenvalue weighted by Gasteiger charge is 2.05. The Labute approximate surface area is 117 Å². The molecule has 5 heteroatoms. The van der Waals surface area contributed by atoms with Gasteiger partial charge in [-0.2, -0.15) is 0 Å². The Morgan fingerprint density at radius 2 is 2.11 bits per heavy atom. The van der Waals surface area contributed by atoms with Gasteiger partial charge in [0.25, 0.3) is 0 Å². The molecule has 3 nitrogen and oxygen atoms in total. The van der Waals surface area contributed by atoms with Gasteiger partial charge in [-0.25, -0.2) is 9.97 Å². The van der Waals surface area contributed by atoms with Gasteiger partial charge in [-0.3, -0.25) is 0 Å². The van der Waals surface area contributed by atoms with Crippen LogP contribution in [0.1, 0.15) is 5.56 Å². The van der Waals surface area contributed by atoms with Gasteiger partial charge in [0.2, 0.25) is 0 Å². The van der Waals surface area contributed by atoms with Crippen LogP contribution in [0.5, 0.6) is 0 Å². The molecule has 90 valence electrons. The monoisotopic (exact) mass is 319 g/mol. The number of thiazole rings is 1. The lowest BCUT2D eigenvalue weighted by molar-refractivity contribution is 1.25. The topological polar surface area (TPSA) is 37.8 Å². The summed E-state index contributed by atoms with van der Waals surface area (Å²) >= 11 is 5.18. The van der Waals surface area contributed by atoms with E-state index in [1.54, 1.807) is 17.5 Å². The first-order chi connectivity index (χ1) is 8.74. The van der Waals surface area contributed by atoms with Crippen LogP contribution in [0.4, 0.5) is 11.5 Å². The third-order valence-electron chi connectivity index (χ3n) is 2.68. The highest BCUT2D eigenvalue weighted by Crippen LogP contribution is 2.28. The lowest BCUT2D eigenvalue weighted by Gasteiger charge is -2.08. The third kappa shape index (κ3) is 2.11. The van der Waals surface area contributed by atoms with Crippen LogP contribution < -0.4 is 5.32 Å². The predicted octanol–water partition coefficient (Wildman–Crippen LogP) is 4.51. The van der Waals surface area contributed by atoms with E-state index >= 15 is 0 Å². The molecule has 1 aromatic carbocycles. The Morgan fingerprint density at radius 1 is 1.22 bits per heavy atom. The minimum absolute atomic E-state index is 0.832. The molecule has 0 aliphatic carbocycles. The highest BCUT2D eigenvalue weighted by molar-refractivity contribution is 9.10. The molecular weight excluding hydrogens is 310 g/mol. The maximum Gasteiger partial charge on any atom is 0.144 e. The van der Waals surface area contributed by atoms with E-state index in [4.69, 9.17) is 0 Å². The molecule has 3 rings (SSSR count). The van der Waals surface area contributed by atoms with Gasteiger partial charge in [0.1, 0.15) is 5.82 Å². The average Bonchev–Trinajstić information content (AvgIpc) is 2.82. The molecule has 0 fully saturated rings. The van der Waals surface area contributed by atoms with Crippen LogP contribution in [-0.2, 0) is 0 Å². The van der Waals surface area contributed by atoms with Crippen LogP contribution >= 0.6 is 27.3 Å². The maximum atomic E-state index is 4.33. The van der Waals surface area contributed by atoms with Crippen LogP contribution in [-0.4, -0.2) is 9.97 Å². The summed E-state index contributed by atoms with van der Waals surface area (Å²) in [4.78, 5) is 8.60. The van der Waals surface area contributed by atoms with Gasteiger partial charge in [-0.1, -0.05) is 0 Å². The lowest BCUT2D eigenvalue weighted by atomic mass is 10.2. The van der Waals surface area contributed by atoms with Crippen LogP contribution in [0.3, 0.4) is 0 Å². The second-order valence-electron chi connectivity index (χ2n) is 3.95. The summed E-state index contributed by atoms with van der Waals surface area (Å²) in [6, 6.07) is 8.08. The summed E-state index contributed by atoms with van der Waals surface area (Å²) < 4.78 is 2.16. The number of halogens is 1. The molecule has 2 heterocycles. The van der Waals surface area contributed by atoms with Crippen LogP contribution in [0, 0.1) is 6.92 Å². The van der Waals surface area contributed by atoms with Gasteiger partial charge in [0.15, 0.2) is 0 Å². The number of hydrogen-bond donors (Lipinski definition) is 1. The molecule has 0 saturated carbocycles. The van der Waals surface area contributed by atoms with Crippen LogP contribution in [0.15, 0.2) is 40.4 Å². The van der Waals surface area contributed by atoms with Gasteiger partial charge in [0.05, 0.1) is 20.2 Å². The standard InChI is InChI=1S/C13H10BrN3S/c1-8-4-5-15-13(12(8)14)17-9-2-3-10-11(6-9)18-7-16-10/h2-7H,1H3,(H,15,17). The zero-order chi connectivity index (χ0) is 12.5. The fourth-order valence-electron chi connectivity index (χ4n) is 1.70. The average molecular weight is 320 g/mol. The van der Waals surface area contributed by atoms with Crippen LogP contribution in [0.2, 0.25) is 0 Å². The molecule has 1 N–H and O–H groups in total. The van der Waals surface area contributed by atoms with Crippen molar-refractivity contribution in [3.63, 3.8) is 0 Å². The van der Waals surface area contributed by atoms with Gasteiger partial charge in [0, 0.05) is 11.9 Å². The Bertz CT molecular complexity index is 708. The minimum atomic E-state index is 0.832. The predicted molar refractivity (Wildman–Crippen MR) is 79.6 cm³/mol. The molecule has 0 aliphatic rings. The number of aromatic nitrogens is 2. The zero-order valence-electron chi connectivity index (χ0n) is 9.64. The second kappa shape index (κ2) is 4.66. The van der Waals surface area contributed by atoms with Gasteiger partial charge < -0.3 is 5.32 Å². The number of benzene rings is 1. The quantitative estimate of drug-likeness (QED) is 0.755. The van der Waals surface area contributed by atoms with Crippen molar-refractivity contribution in [3.05, 3.63) is 46.0 Å². The summed E-state index contributed by atoms with van der Waals surface area (Å²) in [6.45, 7) is 2.04.